The molecular weight excluding hydrogens is 260 g/mol. The van der Waals surface area contributed by atoms with Crippen LogP contribution in [0.1, 0.15) is 23.2 Å². The monoisotopic (exact) mass is 282 g/mol. The van der Waals surface area contributed by atoms with Crippen LogP contribution in [0.15, 0.2) is 24.3 Å². The van der Waals surface area contributed by atoms with Crippen LogP contribution in [0.2, 0.25) is 0 Å². The highest BCUT2D eigenvalue weighted by Gasteiger charge is 2.23. The van der Waals surface area contributed by atoms with E-state index in [9.17, 15) is 0 Å². The van der Waals surface area contributed by atoms with Crippen molar-refractivity contribution >= 4 is 5.82 Å². The van der Waals surface area contributed by atoms with E-state index in [1.54, 1.807) is 0 Å². The van der Waals surface area contributed by atoms with Gasteiger partial charge in [0.15, 0.2) is 5.82 Å². The minimum absolute atomic E-state index is 0.252. The molecule has 1 aliphatic heterocycles. The Balaban J connectivity index is 2.03. The number of nitrogens with two attached hydrogens (primary N) is 1. The third kappa shape index (κ3) is 2.76. The van der Waals surface area contributed by atoms with Gasteiger partial charge in [0.2, 0.25) is 0 Å². The lowest BCUT2D eigenvalue weighted by atomic mass is 10.1. The Morgan fingerprint density at radius 3 is 2.43 bits per heavy atom. The van der Waals surface area contributed by atoms with E-state index in [0.717, 1.165) is 48.0 Å². The molecule has 1 aromatic heterocycles. The lowest BCUT2D eigenvalue weighted by Gasteiger charge is -2.21. The van der Waals surface area contributed by atoms with Gasteiger partial charge in [-0.2, -0.15) is 0 Å². The molecule has 2 heterocycles. The molecule has 3 rings (SSSR count). The van der Waals surface area contributed by atoms with E-state index in [2.05, 4.69) is 48.0 Å². The van der Waals surface area contributed by atoms with Gasteiger partial charge in [0.25, 0.3) is 0 Å². The minimum Gasteiger partial charge on any atom is -0.355 e. The van der Waals surface area contributed by atoms with E-state index in [1.807, 2.05) is 6.92 Å². The number of hydrogen-bond acceptors (Lipinski definition) is 4. The lowest BCUT2D eigenvalue weighted by Crippen LogP contribution is -2.27. The van der Waals surface area contributed by atoms with Crippen LogP contribution < -0.4 is 10.6 Å². The molecule has 2 aromatic rings. The first kappa shape index (κ1) is 14.0. The average Bonchev–Trinajstić information content (AvgIpc) is 2.89. The predicted octanol–water partition coefficient (Wildman–Crippen LogP) is 2.61. The van der Waals surface area contributed by atoms with Gasteiger partial charge in [-0.1, -0.05) is 29.8 Å². The highest BCUT2D eigenvalue weighted by Crippen LogP contribution is 2.26. The fourth-order valence-electron chi connectivity index (χ4n) is 2.73. The molecule has 0 aliphatic carbocycles. The van der Waals surface area contributed by atoms with Crippen molar-refractivity contribution in [3.8, 4) is 11.4 Å². The van der Waals surface area contributed by atoms with Crippen molar-refractivity contribution in [1.29, 1.82) is 0 Å². The van der Waals surface area contributed by atoms with E-state index in [1.165, 1.54) is 5.56 Å². The minimum atomic E-state index is 0.252. The molecule has 4 nitrogen and oxygen atoms in total. The highest BCUT2D eigenvalue weighted by molar-refractivity contribution is 5.61. The zero-order valence-electron chi connectivity index (χ0n) is 12.9. The summed E-state index contributed by atoms with van der Waals surface area (Å²) in [5, 5.41) is 0. The molecule has 1 unspecified atom stereocenters. The Bertz CT molecular complexity index is 649. The van der Waals surface area contributed by atoms with Crippen LogP contribution in [0.3, 0.4) is 0 Å². The van der Waals surface area contributed by atoms with E-state index >= 15 is 0 Å². The topological polar surface area (TPSA) is 55.0 Å². The molecule has 1 aromatic carbocycles. The largest absolute Gasteiger partial charge is 0.355 e. The molecule has 1 saturated heterocycles. The van der Waals surface area contributed by atoms with Gasteiger partial charge in [0.1, 0.15) is 5.82 Å². The zero-order valence-corrected chi connectivity index (χ0v) is 12.9. The first-order chi connectivity index (χ1) is 10.0. The van der Waals surface area contributed by atoms with Crippen molar-refractivity contribution in [3.63, 3.8) is 0 Å². The number of aromatic nitrogens is 2. The number of hydrogen-bond donors (Lipinski definition) is 1. The van der Waals surface area contributed by atoms with Crippen molar-refractivity contribution < 1.29 is 0 Å². The number of aryl methyl sites for hydroxylation is 2. The smallest absolute Gasteiger partial charge is 0.161 e. The molecule has 21 heavy (non-hydrogen) atoms. The molecule has 4 heteroatoms. The zero-order chi connectivity index (χ0) is 15.0. The molecule has 0 saturated carbocycles. The van der Waals surface area contributed by atoms with E-state index in [0.29, 0.717) is 0 Å². The molecule has 2 N–H and O–H groups in total. The quantitative estimate of drug-likeness (QED) is 0.920. The summed E-state index contributed by atoms with van der Waals surface area (Å²) in [6, 6.07) is 8.61. The van der Waals surface area contributed by atoms with Crippen molar-refractivity contribution in [2.75, 3.05) is 18.0 Å². The number of nitrogens with zero attached hydrogens (tertiary/aromatic N) is 3. The Hall–Kier alpha value is -1.94. The summed E-state index contributed by atoms with van der Waals surface area (Å²) < 4.78 is 0. The summed E-state index contributed by atoms with van der Waals surface area (Å²) in [6.07, 6.45) is 1.03. The van der Waals surface area contributed by atoms with Crippen LogP contribution in [-0.2, 0) is 0 Å². The second kappa shape index (κ2) is 5.45. The van der Waals surface area contributed by atoms with Crippen LogP contribution in [-0.4, -0.2) is 29.1 Å². The molecule has 1 fully saturated rings. The number of benzene rings is 1. The maximum absolute atomic E-state index is 6.03. The molecule has 1 aliphatic rings. The van der Waals surface area contributed by atoms with E-state index in [4.69, 9.17) is 10.7 Å². The molecule has 1 atom stereocenters. The summed E-state index contributed by atoms with van der Waals surface area (Å²) in [5.74, 6) is 1.83. The van der Waals surface area contributed by atoms with Crippen LogP contribution in [0.5, 0.6) is 0 Å². The summed E-state index contributed by atoms with van der Waals surface area (Å²) in [6.45, 7) is 8.08. The fraction of sp³-hybridized carbons (Fsp3) is 0.412. The normalized spacial score (nSPS) is 18.3. The van der Waals surface area contributed by atoms with Crippen LogP contribution in [0.25, 0.3) is 11.4 Å². The molecule has 0 amide bonds. The third-order valence-corrected chi connectivity index (χ3v) is 4.20. The van der Waals surface area contributed by atoms with Gasteiger partial charge < -0.3 is 10.6 Å². The van der Waals surface area contributed by atoms with Gasteiger partial charge in [-0.3, -0.25) is 0 Å². The van der Waals surface area contributed by atoms with Crippen molar-refractivity contribution in [2.45, 2.75) is 33.2 Å². The Labute approximate surface area is 126 Å². The average molecular weight is 282 g/mol. The van der Waals surface area contributed by atoms with Crippen molar-refractivity contribution in [1.82, 2.24) is 9.97 Å². The van der Waals surface area contributed by atoms with Crippen LogP contribution >= 0.6 is 0 Å². The van der Waals surface area contributed by atoms with E-state index in [-0.39, 0.29) is 6.04 Å². The summed E-state index contributed by atoms with van der Waals surface area (Å²) >= 11 is 0. The number of anilines is 1. The van der Waals surface area contributed by atoms with Crippen LogP contribution in [0.4, 0.5) is 5.82 Å². The molecule has 0 bridgehead atoms. The molecule has 110 valence electrons. The first-order valence-electron chi connectivity index (χ1n) is 7.47. The summed E-state index contributed by atoms with van der Waals surface area (Å²) in [4.78, 5) is 11.7. The standard InChI is InChI=1S/C17H22N4/c1-11-4-6-14(7-5-11)16-19-13(3)12(2)17(20-16)21-9-8-15(18)10-21/h4-7,15H,8-10,18H2,1-3H3. The van der Waals surface area contributed by atoms with Gasteiger partial charge in [-0.15, -0.1) is 0 Å². The highest BCUT2D eigenvalue weighted by atomic mass is 15.2. The van der Waals surface area contributed by atoms with Crippen molar-refractivity contribution in [3.05, 3.63) is 41.1 Å². The maximum Gasteiger partial charge on any atom is 0.161 e. The Morgan fingerprint density at radius 1 is 1.10 bits per heavy atom. The predicted molar refractivity (Wildman–Crippen MR) is 86.5 cm³/mol. The molecular formula is C17H22N4. The van der Waals surface area contributed by atoms with Gasteiger partial charge in [-0.05, 0) is 27.2 Å². The van der Waals surface area contributed by atoms with Gasteiger partial charge >= 0.3 is 0 Å². The SMILES string of the molecule is Cc1ccc(-c2nc(C)c(C)c(N3CCC(N)C3)n2)cc1. The second-order valence-corrected chi connectivity index (χ2v) is 5.94. The number of rotatable bonds is 2. The second-order valence-electron chi connectivity index (χ2n) is 5.94. The lowest BCUT2D eigenvalue weighted by molar-refractivity contribution is 0.751. The third-order valence-electron chi connectivity index (χ3n) is 4.20. The van der Waals surface area contributed by atoms with Gasteiger partial charge in [-0.25, -0.2) is 9.97 Å². The maximum atomic E-state index is 6.03. The van der Waals surface area contributed by atoms with Gasteiger partial charge in [0.05, 0.1) is 0 Å². The molecule has 0 radical (unpaired) electrons. The van der Waals surface area contributed by atoms with E-state index < -0.39 is 0 Å². The Morgan fingerprint density at radius 2 is 1.81 bits per heavy atom. The first-order valence-corrected chi connectivity index (χ1v) is 7.47. The van der Waals surface area contributed by atoms with Crippen LogP contribution in [0, 0.1) is 20.8 Å². The molecule has 0 spiro atoms. The summed E-state index contributed by atoms with van der Waals surface area (Å²) in [5.41, 5.74) is 10.5. The Kier molecular flexibility index (Phi) is 3.64. The summed E-state index contributed by atoms with van der Waals surface area (Å²) in [7, 11) is 0. The van der Waals surface area contributed by atoms with Crippen molar-refractivity contribution in [2.24, 2.45) is 5.73 Å². The fourth-order valence-corrected chi connectivity index (χ4v) is 2.73. The van der Waals surface area contributed by atoms with Gasteiger partial charge in [0, 0.05) is 36.0 Å².